The van der Waals surface area contributed by atoms with Gasteiger partial charge in [0.25, 0.3) is 12.0 Å². The molecule has 5 rings (SSSR count). The van der Waals surface area contributed by atoms with Crippen molar-refractivity contribution in [2.45, 2.75) is 63.3 Å². The molecule has 1 fully saturated rings. The summed E-state index contributed by atoms with van der Waals surface area (Å²) in [4.78, 5) is 21.1. The molecule has 4 aromatic rings. The van der Waals surface area contributed by atoms with Gasteiger partial charge in [0.1, 0.15) is 17.1 Å². The summed E-state index contributed by atoms with van der Waals surface area (Å²) < 4.78 is 105. The van der Waals surface area contributed by atoms with Crippen LogP contribution in [0, 0.1) is 0 Å². The minimum atomic E-state index is -4.67. The summed E-state index contributed by atoms with van der Waals surface area (Å²) in [6.07, 6.45) is -4.98. The van der Waals surface area contributed by atoms with Gasteiger partial charge in [0.05, 0.1) is 29.7 Å². The number of aryl methyl sites for hydroxylation is 1. The third-order valence-electron chi connectivity index (χ3n) is 7.08. The highest BCUT2D eigenvalue weighted by Gasteiger charge is 2.34. The lowest BCUT2D eigenvalue weighted by Gasteiger charge is -2.22. The predicted molar refractivity (Wildman–Crippen MR) is 141 cm³/mol. The van der Waals surface area contributed by atoms with Crippen LogP contribution in [0.5, 0.6) is 0 Å². The molecule has 0 saturated heterocycles. The van der Waals surface area contributed by atoms with Gasteiger partial charge < -0.3 is 4.57 Å². The van der Waals surface area contributed by atoms with E-state index in [2.05, 4.69) is 15.1 Å². The normalized spacial score (nSPS) is 14.5. The summed E-state index contributed by atoms with van der Waals surface area (Å²) in [5.41, 5.74) is -2.60. The molecule has 6 nitrogen and oxygen atoms in total. The highest BCUT2D eigenvalue weighted by Crippen LogP contribution is 2.35. The number of rotatable bonds is 5. The zero-order valence-electron chi connectivity index (χ0n) is 22.8. The number of pyridine rings is 1. The second-order valence-corrected chi connectivity index (χ2v) is 10.0. The summed E-state index contributed by atoms with van der Waals surface area (Å²) in [5, 5.41) is 4.16. The van der Waals surface area contributed by atoms with Crippen molar-refractivity contribution in [3.05, 3.63) is 99.5 Å². The van der Waals surface area contributed by atoms with Crippen LogP contribution in [0.1, 0.15) is 72.5 Å². The summed E-state index contributed by atoms with van der Waals surface area (Å²) in [6.45, 7) is -0.543. The van der Waals surface area contributed by atoms with Crippen LogP contribution in [0.2, 0.25) is 0 Å². The fourth-order valence-corrected chi connectivity index (χ4v) is 4.98. The van der Waals surface area contributed by atoms with E-state index in [1.54, 1.807) is 6.07 Å². The van der Waals surface area contributed by atoms with Crippen molar-refractivity contribution in [1.82, 2.24) is 24.3 Å². The standard InChI is InChI=1S/C22H22F5N5O.C7H5F3/c1-31-12-29-18(19(31)20(23)24)16-10-14(13-6-3-2-4-7-13)21(33)32(30-16)11-17-15(22(25,26)27)8-5-9-28-17;8-7(9,10)6-4-2-1-3-5-6/h5,8-10,12-13,20H,2-4,6-7,11H2,1H3;1-5H. The number of benzene rings is 1. The molecule has 1 saturated carbocycles. The Morgan fingerprint density at radius 3 is 2.16 bits per heavy atom. The van der Waals surface area contributed by atoms with Crippen molar-refractivity contribution in [3.8, 4) is 11.4 Å². The molecule has 0 aliphatic heterocycles. The van der Waals surface area contributed by atoms with Gasteiger partial charge in [0, 0.05) is 18.8 Å². The highest BCUT2D eigenvalue weighted by atomic mass is 19.4. The quantitative estimate of drug-likeness (QED) is 0.216. The minimum Gasteiger partial charge on any atom is -0.332 e. The first kappa shape index (κ1) is 31.8. The van der Waals surface area contributed by atoms with Crippen LogP contribution in [-0.2, 0) is 25.9 Å². The molecule has 14 heteroatoms. The number of aromatic nitrogens is 5. The molecule has 1 aliphatic carbocycles. The molecule has 0 N–H and O–H groups in total. The third-order valence-corrected chi connectivity index (χ3v) is 7.08. The molecule has 230 valence electrons. The number of alkyl halides is 8. The first-order valence-electron chi connectivity index (χ1n) is 13.3. The van der Waals surface area contributed by atoms with E-state index >= 15 is 0 Å². The lowest BCUT2D eigenvalue weighted by molar-refractivity contribution is -0.139. The van der Waals surface area contributed by atoms with Gasteiger partial charge in [-0.2, -0.15) is 31.4 Å². The Kier molecular flexibility index (Phi) is 9.65. The van der Waals surface area contributed by atoms with Gasteiger partial charge in [-0.05, 0) is 37.0 Å². The van der Waals surface area contributed by atoms with E-state index < -0.39 is 42.0 Å². The van der Waals surface area contributed by atoms with E-state index in [1.165, 1.54) is 37.8 Å². The molecule has 0 amide bonds. The van der Waals surface area contributed by atoms with Crippen LogP contribution in [0.25, 0.3) is 11.4 Å². The van der Waals surface area contributed by atoms with Crippen LogP contribution in [0.4, 0.5) is 35.1 Å². The lowest BCUT2D eigenvalue weighted by atomic mass is 9.84. The molecule has 0 unspecified atom stereocenters. The first-order chi connectivity index (χ1) is 20.3. The first-order valence-corrected chi connectivity index (χ1v) is 13.3. The van der Waals surface area contributed by atoms with Crippen LogP contribution in [0.3, 0.4) is 0 Å². The van der Waals surface area contributed by atoms with E-state index in [9.17, 15) is 39.9 Å². The topological polar surface area (TPSA) is 65.6 Å². The fraction of sp³-hybridized carbons (Fsp3) is 0.379. The van der Waals surface area contributed by atoms with E-state index in [4.69, 9.17) is 0 Å². The maximum absolute atomic E-state index is 13.7. The number of hydrogen-bond donors (Lipinski definition) is 0. The Morgan fingerprint density at radius 2 is 1.58 bits per heavy atom. The van der Waals surface area contributed by atoms with Crippen molar-refractivity contribution in [2.24, 2.45) is 7.05 Å². The molecule has 0 spiro atoms. The van der Waals surface area contributed by atoms with Gasteiger partial charge in [-0.25, -0.2) is 18.4 Å². The smallest absolute Gasteiger partial charge is 0.332 e. The van der Waals surface area contributed by atoms with Gasteiger partial charge >= 0.3 is 12.4 Å². The SMILES string of the molecule is Cn1cnc(-c2cc(C3CCCCC3)c(=O)n(Cc3ncccc3C(F)(F)F)n2)c1C(F)F.FC(F)(F)c1ccccc1. The van der Waals surface area contributed by atoms with Gasteiger partial charge in [0.15, 0.2) is 0 Å². The van der Waals surface area contributed by atoms with Gasteiger partial charge in [-0.15, -0.1) is 0 Å². The third kappa shape index (κ3) is 7.65. The van der Waals surface area contributed by atoms with Gasteiger partial charge in [0.2, 0.25) is 0 Å². The molecule has 1 aliphatic rings. The van der Waals surface area contributed by atoms with Crippen molar-refractivity contribution in [3.63, 3.8) is 0 Å². The number of hydrogen-bond acceptors (Lipinski definition) is 4. The molecule has 0 radical (unpaired) electrons. The van der Waals surface area contributed by atoms with Crippen LogP contribution in [-0.4, -0.2) is 24.3 Å². The molecular formula is C29H27F8N5O. The molecule has 43 heavy (non-hydrogen) atoms. The van der Waals surface area contributed by atoms with E-state index in [0.717, 1.165) is 65.6 Å². The minimum absolute atomic E-state index is 0.0237. The van der Waals surface area contributed by atoms with Gasteiger partial charge in [-0.3, -0.25) is 9.78 Å². The second-order valence-electron chi connectivity index (χ2n) is 10.0. The largest absolute Gasteiger partial charge is 0.418 e. The monoisotopic (exact) mass is 613 g/mol. The van der Waals surface area contributed by atoms with E-state index in [0.29, 0.717) is 5.56 Å². The summed E-state index contributed by atoms with van der Waals surface area (Å²) in [7, 11) is 1.42. The van der Waals surface area contributed by atoms with E-state index in [1.807, 2.05) is 0 Å². The maximum atomic E-state index is 13.7. The predicted octanol–water partition coefficient (Wildman–Crippen LogP) is 7.80. The number of imidazole rings is 1. The Hall–Kier alpha value is -4.10. The van der Waals surface area contributed by atoms with Crippen molar-refractivity contribution in [2.75, 3.05) is 0 Å². The zero-order chi connectivity index (χ0) is 31.4. The molecular weight excluding hydrogens is 586 g/mol. The van der Waals surface area contributed by atoms with Gasteiger partial charge in [-0.1, -0.05) is 49.6 Å². The molecule has 3 aromatic heterocycles. The summed E-state index contributed by atoms with van der Waals surface area (Å²) in [6, 6.07) is 9.87. The highest BCUT2D eigenvalue weighted by molar-refractivity contribution is 5.58. The average molecular weight is 614 g/mol. The zero-order valence-corrected chi connectivity index (χ0v) is 22.8. The fourth-order valence-electron chi connectivity index (χ4n) is 4.98. The Balaban J connectivity index is 0.000000359. The Bertz CT molecular complexity index is 1570. The maximum Gasteiger partial charge on any atom is 0.418 e. The summed E-state index contributed by atoms with van der Waals surface area (Å²) >= 11 is 0. The lowest BCUT2D eigenvalue weighted by Crippen LogP contribution is -2.30. The van der Waals surface area contributed by atoms with Crippen molar-refractivity contribution < 1.29 is 35.1 Å². The van der Waals surface area contributed by atoms with Crippen molar-refractivity contribution in [1.29, 1.82) is 0 Å². The van der Waals surface area contributed by atoms with Crippen LogP contribution >= 0.6 is 0 Å². The van der Waals surface area contributed by atoms with Crippen LogP contribution in [0.15, 0.2) is 65.8 Å². The molecule has 1 aromatic carbocycles. The Morgan fingerprint density at radius 1 is 0.907 bits per heavy atom. The van der Waals surface area contributed by atoms with Crippen LogP contribution < -0.4 is 5.56 Å². The number of nitrogens with zero attached hydrogens (tertiary/aromatic N) is 5. The second kappa shape index (κ2) is 13.0. The van der Waals surface area contributed by atoms with Crippen molar-refractivity contribution >= 4 is 0 Å². The number of halogens is 8. The average Bonchev–Trinajstić information content (AvgIpc) is 3.36. The van der Waals surface area contributed by atoms with E-state index in [-0.39, 0.29) is 28.7 Å². The summed E-state index contributed by atoms with van der Waals surface area (Å²) in [5.74, 6) is -0.121. The molecule has 3 heterocycles. The Labute approximate surface area is 241 Å². The molecule has 0 bridgehead atoms. The molecule has 0 atom stereocenters.